The number of methoxy groups -OCH3 is 1. The van der Waals surface area contributed by atoms with Gasteiger partial charge in [-0.1, -0.05) is 6.08 Å². The Bertz CT molecular complexity index is 788. The number of amides is 1. The number of ether oxygens (including phenoxy) is 2. The zero-order chi connectivity index (χ0) is 17.1. The van der Waals surface area contributed by atoms with Gasteiger partial charge in [0, 0.05) is 36.7 Å². The number of esters is 1. The normalized spacial score (nSPS) is 14.6. The van der Waals surface area contributed by atoms with Crippen molar-refractivity contribution in [3.05, 3.63) is 48.2 Å². The van der Waals surface area contributed by atoms with Crippen LogP contribution in [0.1, 0.15) is 20.7 Å². The summed E-state index contributed by atoms with van der Waals surface area (Å²) in [5, 5.41) is 0.747. The number of carbonyl (C=O) groups excluding carboxylic acids is 2. The maximum atomic E-state index is 12.9. The molecule has 1 aromatic carbocycles. The van der Waals surface area contributed by atoms with Crippen LogP contribution in [0.4, 0.5) is 0 Å². The number of rotatable bonds is 4. The van der Waals surface area contributed by atoms with Crippen molar-refractivity contribution >= 4 is 22.8 Å². The van der Waals surface area contributed by atoms with Crippen molar-refractivity contribution in [1.82, 2.24) is 9.47 Å². The predicted molar refractivity (Wildman–Crippen MR) is 90.2 cm³/mol. The third-order valence-electron chi connectivity index (χ3n) is 4.16. The van der Waals surface area contributed by atoms with Crippen LogP contribution in [0.25, 0.3) is 10.9 Å². The van der Waals surface area contributed by atoms with Gasteiger partial charge in [0.1, 0.15) is 0 Å². The lowest BCUT2D eigenvalue weighted by Crippen LogP contribution is -2.40. The summed E-state index contributed by atoms with van der Waals surface area (Å²) in [5.41, 5.74) is 1.90. The first-order chi connectivity index (χ1) is 11.7. The highest BCUT2D eigenvalue weighted by Crippen LogP contribution is 2.25. The molecule has 2 aromatic rings. The molecule has 0 unspecified atom stereocenters. The lowest BCUT2D eigenvalue weighted by molar-refractivity contribution is 0.0304. The number of allylic oxidation sites excluding steroid dienone is 1. The largest absolute Gasteiger partial charge is 0.465 e. The first kappa shape index (κ1) is 16.3. The maximum Gasteiger partial charge on any atom is 0.337 e. The van der Waals surface area contributed by atoms with Crippen LogP contribution in [0.2, 0.25) is 0 Å². The third-order valence-corrected chi connectivity index (χ3v) is 4.16. The fraction of sp³-hybridized carbons (Fsp3) is 0.333. The Labute approximate surface area is 140 Å². The summed E-state index contributed by atoms with van der Waals surface area (Å²) < 4.78 is 12.0. The number of aromatic nitrogens is 1. The van der Waals surface area contributed by atoms with Crippen molar-refractivity contribution in [2.24, 2.45) is 0 Å². The van der Waals surface area contributed by atoms with Gasteiger partial charge >= 0.3 is 5.97 Å². The van der Waals surface area contributed by atoms with Crippen molar-refractivity contribution in [3.63, 3.8) is 0 Å². The van der Waals surface area contributed by atoms with Gasteiger partial charge in [-0.15, -0.1) is 6.58 Å². The SMILES string of the molecule is C=CCn1cc(C(=O)N2CCOCC2)c2cc(C(=O)OC)ccc21. The molecular formula is C18H20N2O4. The second-order valence-electron chi connectivity index (χ2n) is 5.61. The highest BCUT2D eigenvalue weighted by atomic mass is 16.5. The molecule has 1 aromatic heterocycles. The van der Waals surface area contributed by atoms with Crippen LogP contribution < -0.4 is 0 Å². The van der Waals surface area contributed by atoms with Gasteiger partial charge in [-0.25, -0.2) is 4.79 Å². The minimum atomic E-state index is -0.418. The first-order valence-corrected chi connectivity index (χ1v) is 7.85. The van der Waals surface area contributed by atoms with E-state index in [0.717, 1.165) is 10.9 Å². The molecule has 1 aliphatic rings. The van der Waals surface area contributed by atoms with Crippen LogP contribution in [0.15, 0.2) is 37.1 Å². The lowest BCUT2D eigenvalue weighted by atomic mass is 10.1. The summed E-state index contributed by atoms with van der Waals surface area (Å²) >= 11 is 0. The smallest absolute Gasteiger partial charge is 0.337 e. The molecule has 0 bridgehead atoms. The second kappa shape index (κ2) is 6.88. The molecule has 6 heteroatoms. The summed E-state index contributed by atoms with van der Waals surface area (Å²) in [5.74, 6) is -0.466. The zero-order valence-corrected chi connectivity index (χ0v) is 13.7. The molecule has 0 aliphatic carbocycles. The average Bonchev–Trinajstić information content (AvgIpc) is 2.99. The molecule has 6 nitrogen and oxygen atoms in total. The molecule has 1 fully saturated rings. The number of fused-ring (bicyclic) bond motifs is 1. The molecule has 24 heavy (non-hydrogen) atoms. The summed E-state index contributed by atoms with van der Waals surface area (Å²) in [7, 11) is 1.34. The Morgan fingerprint density at radius 1 is 1.33 bits per heavy atom. The van der Waals surface area contributed by atoms with E-state index < -0.39 is 5.97 Å². The summed E-state index contributed by atoms with van der Waals surface area (Å²) in [6.45, 7) is 6.59. The van der Waals surface area contributed by atoms with E-state index in [1.807, 2.05) is 16.8 Å². The van der Waals surface area contributed by atoms with Crippen LogP contribution >= 0.6 is 0 Å². The molecule has 1 aliphatic heterocycles. The topological polar surface area (TPSA) is 60.8 Å². The van der Waals surface area contributed by atoms with Crippen molar-refractivity contribution in [2.45, 2.75) is 6.54 Å². The van der Waals surface area contributed by atoms with Gasteiger partial charge < -0.3 is 18.9 Å². The summed E-state index contributed by atoms with van der Waals surface area (Å²) in [6, 6.07) is 5.26. The van der Waals surface area contributed by atoms with Crippen molar-refractivity contribution in [3.8, 4) is 0 Å². The molecule has 2 heterocycles. The number of benzene rings is 1. The Morgan fingerprint density at radius 2 is 2.08 bits per heavy atom. The van der Waals surface area contributed by atoms with Gasteiger partial charge in [0.05, 0.1) is 31.5 Å². The third kappa shape index (κ3) is 2.92. The zero-order valence-electron chi connectivity index (χ0n) is 13.7. The number of hydrogen-bond acceptors (Lipinski definition) is 4. The fourth-order valence-electron chi connectivity index (χ4n) is 2.94. The second-order valence-corrected chi connectivity index (χ2v) is 5.61. The van der Waals surface area contributed by atoms with E-state index in [-0.39, 0.29) is 5.91 Å². The molecule has 0 radical (unpaired) electrons. The van der Waals surface area contributed by atoms with Gasteiger partial charge in [-0.3, -0.25) is 4.79 Å². The monoisotopic (exact) mass is 328 g/mol. The highest BCUT2D eigenvalue weighted by molar-refractivity contribution is 6.08. The average molecular weight is 328 g/mol. The number of nitrogens with zero attached hydrogens (tertiary/aromatic N) is 2. The Balaban J connectivity index is 2.08. The van der Waals surface area contributed by atoms with E-state index in [1.54, 1.807) is 23.1 Å². The standard InChI is InChI=1S/C18H20N2O4/c1-3-6-20-12-15(17(21)19-7-9-24-10-8-19)14-11-13(18(22)23-2)4-5-16(14)20/h3-5,11-12H,1,6-10H2,2H3. The van der Waals surface area contributed by atoms with Gasteiger partial charge in [0.2, 0.25) is 0 Å². The number of morpholine rings is 1. The van der Waals surface area contributed by atoms with Crippen LogP contribution in [-0.2, 0) is 16.0 Å². The van der Waals surface area contributed by atoms with E-state index in [9.17, 15) is 9.59 Å². The Hall–Kier alpha value is -2.60. The summed E-state index contributed by atoms with van der Waals surface area (Å²) in [6.07, 6.45) is 3.60. The van der Waals surface area contributed by atoms with E-state index >= 15 is 0 Å². The quantitative estimate of drug-likeness (QED) is 0.637. The van der Waals surface area contributed by atoms with Crippen LogP contribution in [0.3, 0.4) is 0 Å². The molecule has 1 saturated heterocycles. The van der Waals surface area contributed by atoms with E-state index in [2.05, 4.69) is 6.58 Å². The predicted octanol–water partition coefficient (Wildman–Crippen LogP) is 2.09. The van der Waals surface area contributed by atoms with Crippen molar-refractivity contribution in [2.75, 3.05) is 33.4 Å². The summed E-state index contributed by atoms with van der Waals surface area (Å²) in [4.78, 5) is 26.5. The minimum absolute atomic E-state index is 0.0480. The Morgan fingerprint density at radius 3 is 2.75 bits per heavy atom. The van der Waals surface area contributed by atoms with Gasteiger partial charge in [0.25, 0.3) is 5.91 Å². The number of carbonyl (C=O) groups is 2. The first-order valence-electron chi connectivity index (χ1n) is 7.85. The molecule has 126 valence electrons. The van der Waals surface area contributed by atoms with Crippen molar-refractivity contribution < 1.29 is 19.1 Å². The maximum absolute atomic E-state index is 12.9. The molecule has 1 amide bonds. The molecule has 0 atom stereocenters. The van der Waals surface area contributed by atoms with Crippen LogP contribution in [0, 0.1) is 0 Å². The van der Waals surface area contributed by atoms with Crippen molar-refractivity contribution in [1.29, 1.82) is 0 Å². The molecule has 0 N–H and O–H groups in total. The number of hydrogen-bond donors (Lipinski definition) is 0. The van der Waals surface area contributed by atoms with Crippen LogP contribution in [-0.4, -0.2) is 54.8 Å². The van der Waals surface area contributed by atoms with E-state index in [0.29, 0.717) is 44.0 Å². The molecule has 0 spiro atoms. The molecule has 0 saturated carbocycles. The van der Waals surface area contributed by atoms with E-state index in [1.165, 1.54) is 7.11 Å². The highest BCUT2D eigenvalue weighted by Gasteiger charge is 2.23. The van der Waals surface area contributed by atoms with Crippen LogP contribution in [0.5, 0.6) is 0 Å². The molecule has 3 rings (SSSR count). The fourth-order valence-corrected chi connectivity index (χ4v) is 2.94. The van der Waals surface area contributed by atoms with E-state index in [4.69, 9.17) is 9.47 Å². The Kier molecular flexibility index (Phi) is 4.66. The minimum Gasteiger partial charge on any atom is -0.465 e. The lowest BCUT2D eigenvalue weighted by Gasteiger charge is -2.26. The van der Waals surface area contributed by atoms with Gasteiger partial charge in [-0.2, -0.15) is 0 Å². The van der Waals surface area contributed by atoms with Gasteiger partial charge in [-0.05, 0) is 18.2 Å². The van der Waals surface area contributed by atoms with Gasteiger partial charge in [0.15, 0.2) is 0 Å². The molecular weight excluding hydrogens is 308 g/mol.